The fourth-order valence-corrected chi connectivity index (χ4v) is 3.19. The Kier molecular flexibility index (Phi) is 5.76. The van der Waals surface area contributed by atoms with Crippen LogP contribution in [0.4, 0.5) is 0 Å². The molecule has 0 saturated carbocycles. The van der Waals surface area contributed by atoms with Gasteiger partial charge in [0, 0.05) is 38.3 Å². The zero-order valence-electron chi connectivity index (χ0n) is 15.3. The van der Waals surface area contributed by atoms with Crippen LogP contribution in [0.5, 0.6) is 5.75 Å². The number of hydrogen-bond donors (Lipinski definition) is 0. The van der Waals surface area contributed by atoms with Crippen molar-refractivity contribution < 1.29 is 9.15 Å². The molecule has 0 unspecified atom stereocenters. The highest BCUT2D eigenvalue weighted by atomic mass is 16.5. The number of aromatic nitrogens is 2. The summed E-state index contributed by atoms with van der Waals surface area (Å²) in [5.74, 6) is 2.19. The highest BCUT2D eigenvalue weighted by Crippen LogP contribution is 2.18. The monoisotopic (exact) mass is 364 g/mol. The molecule has 3 aromatic rings. The second kappa shape index (κ2) is 8.79. The molecule has 4 rings (SSSR count). The number of nitrogens with zero attached hydrogens (tertiary/aromatic N) is 4. The molecule has 2 aromatic carbocycles. The van der Waals surface area contributed by atoms with Crippen molar-refractivity contribution in [3.05, 3.63) is 66.6 Å². The number of piperazine rings is 1. The van der Waals surface area contributed by atoms with Crippen molar-refractivity contribution in [1.82, 2.24) is 20.0 Å². The maximum absolute atomic E-state index is 5.82. The Morgan fingerprint density at radius 2 is 1.48 bits per heavy atom. The summed E-state index contributed by atoms with van der Waals surface area (Å²) in [6, 6.07) is 19.9. The van der Waals surface area contributed by atoms with E-state index in [1.807, 2.05) is 60.7 Å². The van der Waals surface area contributed by atoms with Crippen LogP contribution >= 0.6 is 0 Å². The standard InChI is InChI=1S/C21H24N4O2/c1-3-7-18(8-4-1)21-23-22-20(27-21)17-25-13-11-24(12-14-25)15-16-26-19-9-5-2-6-10-19/h1-10H,11-17H2. The second-order valence-corrected chi connectivity index (χ2v) is 6.65. The maximum atomic E-state index is 5.82. The van der Waals surface area contributed by atoms with E-state index >= 15 is 0 Å². The molecule has 2 heterocycles. The van der Waals surface area contributed by atoms with E-state index in [2.05, 4.69) is 20.0 Å². The van der Waals surface area contributed by atoms with Crippen LogP contribution in [0.1, 0.15) is 5.89 Å². The van der Waals surface area contributed by atoms with Crippen LogP contribution in [-0.2, 0) is 6.54 Å². The molecule has 0 bridgehead atoms. The highest BCUT2D eigenvalue weighted by Gasteiger charge is 2.19. The van der Waals surface area contributed by atoms with Crippen LogP contribution in [0.2, 0.25) is 0 Å². The smallest absolute Gasteiger partial charge is 0.247 e. The first-order chi connectivity index (χ1) is 13.4. The van der Waals surface area contributed by atoms with Crippen molar-refractivity contribution in [3.63, 3.8) is 0 Å². The summed E-state index contributed by atoms with van der Waals surface area (Å²) < 4.78 is 11.6. The zero-order chi connectivity index (χ0) is 18.3. The number of para-hydroxylation sites is 1. The minimum absolute atomic E-state index is 0.585. The normalized spacial score (nSPS) is 15.7. The van der Waals surface area contributed by atoms with Gasteiger partial charge in [0.15, 0.2) is 0 Å². The molecule has 1 aromatic heterocycles. The van der Waals surface area contributed by atoms with Gasteiger partial charge in [0.2, 0.25) is 11.8 Å². The van der Waals surface area contributed by atoms with Crippen LogP contribution in [0.15, 0.2) is 65.1 Å². The lowest BCUT2D eigenvalue weighted by molar-refractivity contribution is 0.106. The third-order valence-corrected chi connectivity index (χ3v) is 4.73. The maximum Gasteiger partial charge on any atom is 0.247 e. The molecule has 1 saturated heterocycles. The Hall–Kier alpha value is -2.70. The van der Waals surface area contributed by atoms with Gasteiger partial charge in [-0.25, -0.2) is 0 Å². The predicted octanol–water partition coefficient (Wildman–Crippen LogP) is 2.93. The Morgan fingerprint density at radius 3 is 2.22 bits per heavy atom. The molecule has 1 aliphatic rings. The van der Waals surface area contributed by atoms with Crippen molar-refractivity contribution in [1.29, 1.82) is 0 Å². The Labute approximate surface area is 159 Å². The minimum atomic E-state index is 0.585. The lowest BCUT2D eigenvalue weighted by Crippen LogP contribution is -2.47. The first-order valence-electron chi connectivity index (χ1n) is 9.37. The van der Waals surface area contributed by atoms with E-state index in [-0.39, 0.29) is 0 Å². The van der Waals surface area contributed by atoms with E-state index < -0.39 is 0 Å². The van der Waals surface area contributed by atoms with Gasteiger partial charge in [0.05, 0.1) is 6.54 Å². The highest BCUT2D eigenvalue weighted by molar-refractivity contribution is 5.51. The van der Waals surface area contributed by atoms with E-state index in [4.69, 9.17) is 9.15 Å². The molecule has 0 atom stereocenters. The summed E-state index contributed by atoms with van der Waals surface area (Å²) in [6.45, 7) is 6.40. The average molecular weight is 364 g/mol. The van der Waals surface area contributed by atoms with Gasteiger partial charge in [-0.2, -0.15) is 0 Å². The predicted molar refractivity (Wildman–Crippen MR) is 103 cm³/mol. The van der Waals surface area contributed by atoms with Crippen molar-refractivity contribution in [3.8, 4) is 17.2 Å². The van der Waals surface area contributed by atoms with Crippen LogP contribution in [0.3, 0.4) is 0 Å². The molecule has 0 N–H and O–H groups in total. The quantitative estimate of drug-likeness (QED) is 0.643. The Balaban J connectivity index is 1.20. The van der Waals surface area contributed by atoms with Crippen molar-refractivity contribution in [2.45, 2.75) is 6.54 Å². The zero-order valence-corrected chi connectivity index (χ0v) is 15.3. The molecule has 27 heavy (non-hydrogen) atoms. The summed E-state index contributed by atoms with van der Waals surface area (Å²) in [5, 5.41) is 8.36. The SMILES string of the molecule is c1ccc(OCCN2CCN(Cc3nnc(-c4ccccc4)o3)CC2)cc1. The Morgan fingerprint density at radius 1 is 0.815 bits per heavy atom. The number of ether oxygens (including phenoxy) is 1. The van der Waals surface area contributed by atoms with E-state index in [9.17, 15) is 0 Å². The van der Waals surface area contributed by atoms with Crippen LogP contribution in [0, 0.1) is 0 Å². The summed E-state index contributed by atoms with van der Waals surface area (Å²) >= 11 is 0. The van der Waals surface area contributed by atoms with Crippen LogP contribution < -0.4 is 4.74 Å². The molecule has 0 spiro atoms. The van der Waals surface area contributed by atoms with Gasteiger partial charge in [-0.3, -0.25) is 9.80 Å². The van der Waals surface area contributed by atoms with E-state index in [0.717, 1.165) is 44.0 Å². The largest absolute Gasteiger partial charge is 0.492 e. The van der Waals surface area contributed by atoms with Gasteiger partial charge in [-0.15, -0.1) is 10.2 Å². The molecule has 0 radical (unpaired) electrons. The molecule has 1 aliphatic heterocycles. The summed E-state index contributed by atoms with van der Waals surface area (Å²) in [5.41, 5.74) is 0.958. The fourth-order valence-electron chi connectivity index (χ4n) is 3.19. The van der Waals surface area contributed by atoms with Crippen molar-refractivity contribution >= 4 is 0 Å². The summed E-state index contributed by atoms with van der Waals surface area (Å²) in [7, 11) is 0. The van der Waals surface area contributed by atoms with Crippen molar-refractivity contribution in [2.24, 2.45) is 0 Å². The van der Waals surface area contributed by atoms with Gasteiger partial charge in [-0.05, 0) is 24.3 Å². The van der Waals surface area contributed by atoms with Gasteiger partial charge < -0.3 is 9.15 Å². The first kappa shape index (κ1) is 17.7. The molecular weight excluding hydrogens is 340 g/mol. The van der Waals surface area contributed by atoms with E-state index in [1.54, 1.807) is 0 Å². The molecule has 6 heteroatoms. The summed E-state index contributed by atoms with van der Waals surface area (Å²) in [6.07, 6.45) is 0. The minimum Gasteiger partial charge on any atom is -0.492 e. The molecule has 1 fully saturated rings. The molecule has 6 nitrogen and oxygen atoms in total. The van der Waals surface area contributed by atoms with Crippen LogP contribution in [-0.4, -0.2) is 59.3 Å². The number of hydrogen-bond acceptors (Lipinski definition) is 6. The lowest BCUT2D eigenvalue weighted by atomic mass is 10.2. The van der Waals surface area contributed by atoms with Gasteiger partial charge in [0.1, 0.15) is 12.4 Å². The lowest BCUT2D eigenvalue weighted by Gasteiger charge is -2.33. The first-order valence-corrected chi connectivity index (χ1v) is 9.37. The molecule has 140 valence electrons. The van der Waals surface area contributed by atoms with E-state index in [1.165, 1.54) is 0 Å². The Bertz CT molecular complexity index is 814. The van der Waals surface area contributed by atoms with Gasteiger partial charge in [-0.1, -0.05) is 36.4 Å². The molecular formula is C21H24N4O2. The third kappa shape index (κ3) is 4.93. The number of rotatable bonds is 7. The van der Waals surface area contributed by atoms with Crippen LogP contribution in [0.25, 0.3) is 11.5 Å². The van der Waals surface area contributed by atoms with Gasteiger partial charge >= 0.3 is 0 Å². The summed E-state index contributed by atoms with van der Waals surface area (Å²) in [4.78, 5) is 4.79. The van der Waals surface area contributed by atoms with Crippen molar-refractivity contribution in [2.75, 3.05) is 39.3 Å². The van der Waals surface area contributed by atoms with Gasteiger partial charge in [0.25, 0.3) is 0 Å². The second-order valence-electron chi connectivity index (χ2n) is 6.65. The number of benzene rings is 2. The third-order valence-electron chi connectivity index (χ3n) is 4.73. The molecule has 0 aliphatic carbocycles. The average Bonchev–Trinajstić information content (AvgIpc) is 3.19. The molecule has 0 amide bonds. The van der Waals surface area contributed by atoms with E-state index in [0.29, 0.717) is 24.9 Å². The fraction of sp³-hybridized carbons (Fsp3) is 0.333. The topological polar surface area (TPSA) is 54.6 Å².